The van der Waals surface area contributed by atoms with Crippen molar-refractivity contribution in [1.29, 1.82) is 0 Å². The molecule has 4 aromatic carbocycles. The minimum absolute atomic E-state index is 0.0810. The Labute approximate surface area is 293 Å². The minimum Gasteiger partial charge on any atom is -0.395 e. The highest BCUT2D eigenvalue weighted by Gasteiger charge is 2.52. The third-order valence-electron chi connectivity index (χ3n) is 9.33. The summed E-state index contributed by atoms with van der Waals surface area (Å²) in [7, 11) is 0. The minimum atomic E-state index is -1.85. The molecule has 0 radical (unpaired) electrons. The van der Waals surface area contributed by atoms with Gasteiger partial charge in [-0.05, 0) is 53.9 Å². The Bertz CT molecular complexity index is 2270. The molecule has 1 amide bonds. The SMILES string of the molecule is C[C@@H](/C=C/CCn1cc(C(CO)c2ccccc2)nn1)[C@]1(O)C(=O)N(Cc2cccc(-n3ncc4ccccc4c3=O)c2)c2ccc(Cl)cc21. The molecule has 0 saturated carbocycles. The number of allylic oxidation sites excluding steroid dienone is 1. The van der Waals surface area contributed by atoms with Crippen molar-refractivity contribution in [3.05, 3.63) is 159 Å². The van der Waals surface area contributed by atoms with E-state index in [0.717, 1.165) is 16.5 Å². The van der Waals surface area contributed by atoms with Crippen LogP contribution < -0.4 is 10.5 Å². The van der Waals surface area contributed by atoms with Crippen LogP contribution in [0, 0.1) is 5.92 Å². The largest absolute Gasteiger partial charge is 0.395 e. The molecular formula is C39H35ClN6O4. The molecule has 7 rings (SSSR count). The van der Waals surface area contributed by atoms with Crippen molar-refractivity contribution in [1.82, 2.24) is 24.8 Å². The van der Waals surface area contributed by atoms with Crippen molar-refractivity contribution in [2.45, 2.75) is 38.0 Å². The number of amides is 1. The van der Waals surface area contributed by atoms with E-state index in [-0.39, 0.29) is 24.6 Å². The molecule has 11 heteroatoms. The Morgan fingerprint density at radius 3 is 2.58 bits per heavy atom. The van der Waals surface area contributed by atoms with E-state index < -0.39 is 17.4 Å². The van der Waals surface area contributed by atoms with Crippen LogP contribution in [-0.2, 0) is 23.5 Å². The van der Waals surface area contributed by atoms with Crippen molar-refractivity contribution in [2.75, 3.05) is 11.5 Å². The smallest absolute Gasteiger partial charge is 0.279 e. The molecule has 10 nitrogen and oxygen atoms in total. The Morgan fingerprint density at radius 2 is 1.76 bits per heavy atom. The van der Waals surface area contributed by atoms with Crippen molar-refractivity contribution in [2.24, 2.45) is 5.92 Å². The number of halogens is 1. The van der Waals surface area contributed by atoms with E-state index in [9.17, 15) is 19.8 Å². The predicted octanol–water partition coefficient (Wildman–Crippen LogP) is 5.77. The van der Waals surface area contributed by atoms with Gasteiger partial charge in [-0.3, -0.25) is 14.3 Å². The highest BCUT2D eigenvalue weighted by molar-refractivity contribution is 6.31. The van der Waals surface area contributed by atoms with Crippen LogP contribution in [0.15, 0.2) is 126 Å². The third-order valence-corrected chi connectivity index (χ3v) is 9.56. The summed E-state index contributed by atoms with van der Waals surface area (Å²) in [6.07, 6.45) is 7.82. The molecule has 252 valence electrons. The van der Waals surface area contributed by atoms with Crippen molar-refractivity contribution in [3.8, 4) is 5.69 Å². The molecule has 6 aromatic rings. The molecule has 1 aliphatic heterocycles. The Kier molecular flexibility index (Phi) is 9.16. The summed E-state index contributed by atoms with van der Waals surface area (Å²) < 4.78 is 3.07. The van der Waals surface area contributed by atoms with Crippen molar-refractivity contribution in [3.63, 3.8) is 0 Å². The van der Waals surface area contributed by atoms with Crippen LogP contribution in [0.4, 0.5) is 5.69 Å². The highest BCUT2D eigenvalue weighted by Crippen LogP contribution is 2.46. The van der Waals surface area contributed by atoms with Gasteiger partial charge >= 0.3 is 0 Å². The van der Waals surface area contributed by atoms with E-state index in [2.05, 4.69) is 15.4 Å². The van der Waals surface area contributed by atoms with Crippen LogP contribution >= 0.6 is 11.6 Å². The lowest BCUT2D eigenvalue weighted by Crippen LogP contribution is -2.44. The molecule has 0 saturated heterocycles. The first-order chi connectivity index (χ1) is 24.3. The maximum absolute atomic E-state index is 14.2. The number of anilines is 1. The van der Waals surface area contributed by atoms with Crippen molar-refractivity contribution >= 4 is 34.0 Å². The lowest BCUT2D eigenvalue weighted by atomic mass is 9.83. The summed E-state index contributed by atoms with van der Waals surface area (Å²) in [5, 5.41) is 36.7. The summed E-state index contributed by atoms with van der Waals surface area (Å²) >= 11 is 6.39. The first kappa shape index (κ1) is 33.1. The topological polar surface area (TPSA) is 126 Å². The normalized spacial score (nSPS) is 17.0. The summed E-state index contributed by atoms with van der Waals surface area (Å²) in [5.74, 6) is -1.32. The van der Waals surface area contributed by atoms with Gasteiger partial charge in [-0.25, -0.2) is 0 Å². The predicted molar refractivity (Wildman–Crippen MR) is 192 cm³/mol. The quantitative estimate of drug-likeness (QED) is 0.166. The molecule has 0 bridgehead atoms. The second-order valence-corrected chi connectivity index (χ2v) is 12.9. The van der Waals surface area contributed by atoms with E-state index in [0.29, 0.717) is 46.0 Å². The average molecular weight is 687 g/mol. The Morgan fingerprint density at radius 1 is 0.960 bits per heavy atom. The lowest BCUT2D eigenvalue weighted by Gasteiger charge is -2.27. The fourth-order valence-electron chi connectivity index (χ4n) is 6.60. The highest BCUT2D eigenvalue weighted by atomic mass is 35.5. The molecule has 1 aliphatic rings. The number of aliphatic hydroxyl groups excluding tert-OH is 1. The fourth-order valence-corrected chi connectivity index (χ4v) is 6.78. The zero-order chi connectivity index (χ0) is 34.8. The lowest BCUT2D eigenvalue weighted by molar-refractivity contribution is -0.139. The van der Waals surface area contributed by atoms with Gasteiger partial charge in [0.2, 0.25) is 0 Å². The first-order valence-corrected chi connectivity index (χ1v) is 16.8. The standard InChI is InChI=1S/C39H35ClN6O4/c1-26(10-7-8-19-44-24-35(42-43-44)33(25-47)28-12-3-2-4-13-28)39(50)34-21-30(40)17-18-36(34)45(38(39)49)23-27-11-9-15-31(20-27)46-37(48)32-16-6-5-14-29(32)22-41-46/h2-7,9-18,20-22,24,26,33,47,50H,8,19,23,25H2,1H3/b10-7+/t26-,33?,39+/m0/s1. The van der Waals surface area contributed by atoms with Gasteiger partial charge < -0.3 is 15.1 Å². The Hall–Kier alpha value is -5.42. The fraction of sp³-hybridized carbons (Fsp3) is 0.205. The number of nitrogens with zero attached hydrogens (tertiary/aromatic N) is 6. The number of fused-ring (bicyclic) bond motifs is 2. The maximum Gasteiger partial charge on any atom is 0.279 e. The summed E-state index contributed by atoms with van der Waals surface area (Å²) in [6, 6.07) is 29.4. The van der Waals surface area contributed by atoms with Gasteiger partial charge in [0.1, 0.15) is 0 Å². The molecule has 3 heterocycles. The van der Waals surface area contributed by atoms with Gasteiger partial charge in [-0.15, -0.1) is 5.10 Å². The van der Waals surface area contributed by atoms with Crippen LogP contribution in [0.1, 0.15) is 41.6 Å². The number of hydrogen-bond acceptors (Lipinski definition) is 7. The van der Waals surface area contributed by atoms with Gasteiger partial charge in [0.05, 0.1) is 47.7 Å². The van der Waals surface area contributed by atoms with Crippen LogP contribution in [0.25, 0.3) is 16.5 Å². The number of hydrogen-bond donors (Lipinski definition) is 2. The third kappa shape index (κ3) is 6.13. The molecular weight excluding hydrogens is 652 g/mol. The maximum atomic E-state index is 14.2. The first-order valence-electron chi connectivity index (χ1n) is 16.4. The number of aliphatic hydroxyl groups is 2. The number of aryl methyl sites for hydroxylation is 1. The molecule has 0 fully saturated rings. The number of carbonyl (C=O) groups is 1. The van der Waals surface area contributed by atoms with Gasteiger partial charge in [-0.2, -0.15) is 9.78 Å². The monoisotopic (exact) mass is 686 g/mol. The molecule has 0 aliphatic carbocycles. The molecule has 2 N–H and O–H groups in total. The zero-order valence-electron chi connectivity index (χ0n) is 27.3. The molecule has 0 spiro atoms. The van der Waals surface area contributed by atoms with Crippen LogP contribution in [0.3, 0.4) is 0 Å². The van der Waals surface area contributed by atoms with Crippen molar-refractivity contribution < 1.29 is 15.0 Å². The number of rotatable bonds is 11. The van der Waals surface area contributed by atoms with Crippen LogP contribution in [0.5, 0.6) is 0 Å². The van der Waals surface area contributed by atoms with Gasteiger partial charge in [0, 0.05) is 34.6 Å². The average Bonchev–Trinajstić information content (AvgIpc) is 3.68. The molecule has 2 aromatic heterocycles. The summed E-state index contributed by atoms with van der Waals surface area (Å²) in [4.78, 5) is 29.0. The van der Waals surface area contributed by atoms with E-state index in [1.54, 1.807) is 53.0 Å². The number of benzene rings is 4. The molecule has 3 atom stereocenters. The molecule has 1 unspecified atom stereocenters. The zero-order valence-corrected chi connectivity index (χ0v) is 28.1. The second-order valence-electron chi connectivity index (χ2n) is 12.5. The summed E-state index contributed by atoms with van der Waals surface area (Å²) in [5.41, 5.74) is 1.89. The number of aromatic nitrogens is 5. The van der Waals surface area contributed by atoms with E-state index >= 15 is 0 Å². The van der Waals surface area contributed by atoms with E-state index in [4.69, 9.17) is 11.6 Å². The van der Waals surface area contributed by atoms with E-state index in [1.165, 1.54) is 4.68 Å². The van der Waals surface area contributed by atoms with Crippen LogP contribution in [-0.4, -0.2) is 47.5 Å². The molecule has 50 heavy (non-hydrogen) atoms. The van der Waals surface area contributed by atoms with Gasteiger partial charge in [0.15, 0.2) is 5.60 Å². The van der Waals surface area contributed by atoms with Crippen LogP contribution in [0.2, 0.25) is 5.02 Å². The van der Waals surface area contributed by atoms with E-state index in [1.807, 2.05) is 85.1 Å². The number of carbonyl (C=O) groups excluding carboxylic acids is 1. The van der Waals surface area contributed by atoms with Gasteiger partial charge in [-0.1, -0.05) is 96.6 Å². The second kappa shape index (κ2) is 13.8. The van der Waals surface area contributed by atoms with Gasteiger partial charge in [0.25, 0.3) is 11.5 Å². The Balaban J connectivity index is 1.08. The summed E-state index contributed by atoms with van der Waals surface area (Å²) in [6.45, 7) is 2.41.